The molecule has 0 bridgehead atoms. The molecule has 0 radical (unpaired) electrons. The van der Waals surface area contributed by atoms with Crippen LogP contribution in [0.5, 0.6) is 0 Å². The predicted octanol–water partition coefficient (Wildman–Crippen LogP) is 3.79. The minimum absolute atomic E-state index is 0.103. The number of carbonyl (C=O) groups is 2. The second-order valence-corrected chi connectivity index (χ2v) is 10.4. The van der Waals surface area contributed by atoms with Crippen LogP contribution in [0, 0.1) is 19.8 Å². The number of aryl methyl sites for hydroxylation is 2. The highest BCUT2D eigenvalue weighted by Gasteiger charge is 2.23. The van der Waals surface area contributed by atoms with Crippen LogP contribution < -0.4 is 10.6 Å². The van der Waals surface area contributed by atoms with E-state index in [0.29, 0.717) is 17.1 Å². The van der Waals surface area contributed by atoms with E-state index in [1.807, 2.05) is 39.0 Å². The molecule has 2 aromatic carbocycles. The Balaban J connectivity index is 1.71. The lowest BCUT2D eigenvalue weighted by atomic mass is 10.1. The number of amides is 2. The van der Waals surface area contributed by atoms with Crippen molar-refractivity contribution in [3.05, 3.63) is 47.5 Å². The molecule has 0 aromatic heterocycles. The summed E-state index contributed by atoms with van der Waals surface area (Å²) in [5, 5.41) is 5.60. The number of para-hydroxylation sites is 1. The third-order valence-electron chi connectivity index (χ3n) is 4.85. The molecular weight excluding hydrogens is 408 g/mol. The van der Waals surface area contributed by atoms with Gasteiger partial charge in [0, 0.05) is 28.7 Å². The zero-order valence-electron chi connectivity index (χ0n) is 16.6. The standard InChI is InChI=1S/C21H24N2O4S2/c1-13-5-4-6-14(2)20(13)23-19(24)9-10-29(26,27)16-7-8-18-17(11-16)22-21(25)15(3)12-28-18/h4-8,11,15H,9-10,12H2,1-3H3,(H,22,25)(H,23,24)/t15-/m1/s1. The fourth-order valence-corrected chi connectivity index (χ4v) is 5.30. The quantitative estimate of drug-likeness (QED) is 0.750. The third-order valence-corrected chi connectivity index (χ3v) is 7.90. The summed E-state index contributed by atoms with van der Waals surface area (Å²) in [6.45, 7) is 5.62. The highest BCUT2D eigenvalue weighted by molar-refractivity contribution is 7.99. The van der Waals surface area contributed by atoms with Crippen LogP contribution in [-0.4, -0.2) is 31.7 Å². The molecule has 3 rings (SSSR count). The molecule has 2 N–H and O–H groups in total. The predicted molar refractivity (Wildman–Crippen MR) is 116 cm³/mol. The van der Waals surface area contributed by atoms with Crippen molar-refractivity contribution < 1.29 is 18.0 Å². The molecule has 8 heteroatoms. The van der Waals surface area contributed by atoms with Crippen molar-refractivity contribution in [1.29, 1.82) is 0 Å². The largest absolute Gasteiger partial charge is 0.326 e. The van der Waals surface area contributed by atoms with Gasteiger partial charge in [-0.2, -0.15) is 0 Å². The maximum absolute atomic E-state index is 12.7. The number of sulfone groups is 1. The maximum Gasteiger partial charge on any atom is 0.228 e. The molecule has 1 atom stereocenters. The number of rotatable bonds is 5. The van der Waals surface area contributed by atoms with Crippen molar-refractivity contribution in [2.45, 2.75) is 37.0 Å². The normalized spacial score (nSPS) is 16.5. The Hall–Kier alpha value is -2.32. The minimum Gasteiger partial charge on any atom is -0.326 e. The van der Waals surface area contributed by atoms with Gasteiger partial charge in [0.25, 0.3) is 0 Å². The zero-order valence-corrected chi connectivity index (χ0v) is 18.2. The van der Waals surface area contributed by atoms with Gasteiger partial charge < -0.3 is 10.6 Å². The average Bonchev–Trinajstić information content (AvgIpc) is 2.81. The summed E-state index contributed by atoms with van der Waals surface area (Å²) < 4.78 is 25.5. The van der Waals surface area contributed by atoms with Gasteiger partial charge >= 0.3 is 0 Å². The molecule has 0 spiro atoms. The van der Waals surface area contributed by atoms with Gasteiger partial charge in [0.05, 0.1) is 16.3 Å². The Bertz CT molecular complexity index is 1040. The van der Waals surface area contributed by atoms with Crippen LogP contribution >= 0.6 is 11.8 Å². The highest BCUT2D eigenvalue weighted by atomic mass is 32.2. The Labute approximate surface area is 175 Å². The summed E-state index contributed by atoms with van der Waals surface area (Å²) in [4.78, 5) is 25.3. The fourth-order valence-electron chi connectivity index (χ4n) is 3.03. The third kappa shape index (κ3) is 5.00. The van der Waals surface area contributed by atoms with E-state index in [4.69, 9.17) is 0 Å². The van der Waals surface area contributed by atoms with E-state index in [9.17, 15) is 18.0 Å². The van der Waals surface area contributed by atoms with Crippen molar-refractivity contribution in [2.24, 2.45) is 5.92 Å². The molecule has 2 aromatic rings. The van der Waals surface area contributed by atoms with Crippen LogP contribution in [0.25, 0.3) is 0 Å². The molecule has 2 amide bonds. The van der Waals surface area contributed by atoms with Gasteiger partial charge in [0.1, 0.15) is 0 Å². The number of thioether (sulfide) groups is 1. The van der Waals surface area contributed by atoms with Gasteiger partial charge in [-0.1, -0.05) is 25.1 Å². The van der Waals surface area contributed by atoms with E-state index in [1.165, 1.54) is 23.9 Å². The number of nitrogens with one attached hydrogen (secondary N) is 2. The van der Waals surface area contributed by atoms with Crippen molar-refractivity contribution in [1.82, 2.24) is 0 Å². The lowest BCUT2D eigenvalue weighted by Gasteiger charge is -2.12. The van der Waals surface area contributed by atoms with E-state index in [-0.39, 0.29) is 34.8 Å². The molecule has 0 saturated carbocycles. The fraction of sp³-hybridized carbons (Fsp3) is 0.333. The van der Waals surface area contributed by atoms with Gasteiger partial charge in [0.2, 0.25) is 11.8 Å². The van der Waals surface area contributed by atoms with Crippen LogP contribution in [0.4, 0.5) is 11.4 Å². The second kappa shape index (κ2) is 8.59. The molecule has 1 heterocycles. The average molecular weight is 433 g/mol. The van der Waals surface area contributed by atoms with Crippen molar-refractivity contribution in [3.8, 4) is 0 Å². The van der Waals surface area contributed by atoms with E-state index >= 15 is 0 Å². The monoisotopic (exact) mass is 432 g/mol. The summed E-state index contributed by atoms with van der Waals surface area (Å²) in [5.41, 5.74) is 3.07. The lowest BCUT2D eigenvalue weighted by molar-refractivity contribution is -0.118. The molecule has 1 aliphatic heterocycles. The Morgan fingerprint density at radius 2 is 1.90 bits per heavy atom. The van der Waals surface area contributed by atoms with E-state index in [0.717, 1.165) is 16.0 Å². The summed E-state index contributed by atoms with van der Waals surface area (Å²) in [7, 11) is -3.67. The van der Waals surface area contributed by atoms with Gasteiger partial charge in [-0.15, -0.1) is 11.8 Å². The molecule has 0 aliphatic carbocycles. The number of fused-ring (bicyclic) bond motifs is 1. The molecule has 154 valence electrons. The SMILES string of the molecule is Cc1cccc(C)c1NC(=O)CCS(=O)(=O)c1ccc2c(c1)NC(=O)[C@H](C)CS2. The summed E-state index contributed by atoms with van der Waals surface area (Å²) in [6, 6.07) is 10.4. The zero-order chi connectivity index (χ0) is 21.2. The van der Waals surface area contributed by atoms with E-state index in [2.05, 4.69) is 10.6 Å². The van der Waals surface area contributed by atoms with Gasteiger partial charge in [-0.25, -0.2) is 8.42 Å². The first-order valence-corrected chi connectivity index (χ1v) is 12.0. The Kier molecular flexibility index (Phi) is 6.33. The molecule has 29 heavy (non-hydrogen) atoms. The molecule has 0 fully saturated rings. The van der Waals surface area contributed by atoms with Crippen molar-refractivity contribution in [3.63, 3.8) is 0 Å². The maximum atomic E-state index is 12.7. The summed E-state index contributed by atoms with van der Waals surface area (Å²) >= 11 is 1.52. The minimum atomic E-state index is -3.67. The first kappa shape index (κ1) is 21.4. The molecule has 6 nitrogen and oxygen atoms in total. The number of hydrogen-bond donors (Lipinski definition) is 2. The van der Waals surface area contributed by atoms with Crippen LogP contribution in [0.2, 0.25) is 0 Å². The first-order chi connectivity index (χ1) is 13.7. The van der Waals surface area contributed by atoms with Crippen LogP contribution in [-0.2, 0) is 19.4 Å². The molecular formula is C21H24N2O4S2. The number of benzene rings is 2. The number of anilines is 2. The van der Waals surface area contributed by atoms with Gasteiger partial charge in [-0.05, 0) is 43.2 Å². The van der Waals surface area contributed by atoms with Gasteiger partial charge in [-0.3, -0.25) is 9.59 Å². The van der Waals surface area contributed by atoms with Crippen molar-refractivity contribution in [2.75, 3.05) is 22.1 Å². The first-order valence-electron chi connectivity index (χ1n) is 9.34. The van der Waals surface area contributed by atoms with Crippen molar-refractivity contribution >= 4 is 44.8 Å². The smallest absolute Gasteiger partial charge is 0.228 e. The van der Waals surface area contributed by atoms with Gasteiger partial charge in [0.15, 0.2) is 9.84 Å². The summed E-state index contributed by atoms with van der Waals surface area (Å²) in [5.74, 6) is -0.290. The highest BCUT2D eigenvalue weighted by Crippen LogP contribution is 2.34. The molecule has 0 unspecified atom stereocenters. The van der Waals surface area contributed by atoms with Crippen LogP contribution in [0.1, 0.15) is 24.5 Å². The summed E-state index contributed by atoms with van der Waals surface area (Å²) in [6.07, 6.45) is -0.147. The molecule has 0 saturated heterocycles. The van der Waals surface area contributed by atoms with E-state index < -0.39 is 9.84 Å². The Morgan fingerprint density at radius 3 is 2.59 bits per heavy atom. The lowest BCUT2D eigenvalue weighted by Crippen LogP contribution is -2.20. The van der Waals surface area contributed by atoms with E-state index in [1.54, 1.807) is 6.07 Å². The Morgan fingerprint density at radius 1 is 1.21 bits per heavy atom. The van der Waals surface area contributed by atoms with Crippen LogP contribution in [0.15, 0.2) is 46.2 Å². The van der Waals surface area contributed by atoms with Crippen LogP contribution in [0.3, 0.4) is 0 Å². The molecule has 1 aliphatic rings. The number of carbonyl (C=O) groups excluding carboxylic acids is 2. The number of hydrogen-bond acceptors (Lipinski definition) is 5. The second-order valence-electron chi connectivity index (χ2n) is 7.24. The topological polar surface area (TPSA) is 92.3 Å².